The van der Waals surface area contributed by atoms with Gasteiger partial charge in [0.15, 0.2) is 0 Å². The summed E-state index contributed by atoms with van der Waals surface area (Å²) >= 11 is 0. The second-order valence-corrected chi connectivity index (χ2v) is 5.64. The molecule has 0 saturated heterocycles. The molecule has 1 heteroatoms. The van der Waals surface area contributed by atoms with Crippen molar-refractivity contribution in [3.63, 3.8) is 0 Å². The zero-order valence-electron chi connectivity index (χ0n) is 10.8. The van der Waals surface area contributed by atoms with Gasteiger partial charge in [-0.1, -0.05) is 55.3 Å². The minimum absolute atomic E-state index is 0.429. The predicted octanol–water partition coefficient (Wildman–Crippen LogP) is 3.90. The van der Waals surface area contributed by atoms with Crippen LogP contribution in [0.25, 0.3) is 10.8 Å². The molecule has 0 heterocycles. The number of hydrogen-bond donors (Lipinski definition) is 1. The summed E-state index contributed by atoms with van der Waals surface area (Å²) in [6.45, 7) is 0. The Hall–Kier alpha value is -1.34. The molecule has 1 saturated carbocycles. The summed E-state index contributed by atoms with van der Waals surface area (Å²) in [6.07, 6.45) is 6.25. The Labute approximate surface area is 109 Å². The first kappa shape index (κ1) is 11.7. The fraction of sp³-hybridized carbons (Fsp3) is 0.412. The third kappa shape index (κ3) is 2.41. The summed E-state index contributed by atoms with van der Waals surface area (Å²) in [7, 11) is 0. The lowest BCUT2D eigenvalue weighted by Crippen LogP contribution is -2.28. The smallest absolute Gasteiger partial charge is 0.00415 e. The Morgan fingerprint density at radius 1 is 1.00 bits per heavy atom. The van der Waals surface area contributed by atoms with E-state index in [-0.39, 0.29) is 0 Å². The van der Waals surface area contributed by atoms with Crippen LogP contribution < -0.4 is 5.73 Å². The molecule has 2 unspecified atom stereocenters. The molecule has 2 aromatic rings. The van der Waals surface area contributed by atoms with Gasteiger partial charge in [0.1, 0.15) is 0 Å². The zero-order chi connectivity index (χ0) is 12.4. The predicted molar refractivity (Wildman–Crippen MR) is 77.6 cm³/mol. The summed E-state index contributed by atoms with van der Waals surface area (Å²) in [5.41, 5.74) is 7.58. The Bertz CT molecular complexity index is 527. The fourth-order valence-electron chi connectivity index (χ4n) is 3.30. The van der Waals surface area contributed by atoms with Crippen molar-refractivity contribution < 1.29 is 0 Å². The molecule has 0 aliphatic heterocycles. The molecule has 2 aromatic carbocycles. The van der Waals surface area contributed by atoms with Crippen molar-refractivity contribution in [3.05, 3.63) is 48.0 Å². The van der Waals surface area contributed by atoms with E-state index in [1.54, 1.807) is 0 Å². The third-order valence-electron chi connectivity index (χ3n) is 4.21. The number of nitrogens with two attached hydrogens (primary N) is 1. The van der Waals surface area contributed by atoms with Gasteiger partial charge in [-0.3, -0.25) is 0 Å². The first-order valence-electron chi connectivity index (χ1n) is 7.05. The van der Waals surface area contributed by atoms with Gasteiger partial charge >= 0.3 is 0 Å². The molecule has 18 heavy (non-hydrogen) atoms. The maximum Gasteiger partial charge on any atom is 0.00415 e. The van der Waals surface area contributed by atoms with E-state index in [2.05, 4.69) is 42.5 Å². The number of hydrogen-bond acceptors (Lipinski definition) is 1. The molecule has 1 fully saturated rings. The molecule has 2 atom stereocenters. The van der Waals surface area contributed by atoms with Crippen molar-refractivity contribution in [2.45, 2.75) is 38.1 Å². The van der Waals surface area contributed by atoms with Crippen LogP contribution in [-0.4, -0.2) is 6.04 Å². The normalized spacial score (nSPS) is 24.3. The van der Waals surface area contributed by atoms with E-state index in [1.165, 1.54) is 48.4 Å². The van der Waals surface area contributed by atoms with E-state index in [0.29, 0.717) is 6.04 Å². The van der Waals surface area contributed by atoms with Gasteiger partial charge in [0, 0.05) is 6.04 Å². The van der Waals surface area contributed by atoms with Gasteiger partial charge in [-0.2, -0.15) is 0 Å². The zero-order valence-corrected chi connectivity index (χ0v) is 10.8. The van der Waals surface area contributed by atoms with Crippen molar-refractivity contribution >= 4 is 10.8 Å². The summed E-state index contributed by atoms with van der Waals surface area (Å²) < 4.78 is 0. The highest BCUT2D eigenvalue weighted by molar-refractivity contribution is 5.85. The highest BCUT2D eigenvalue weighted by Crippen LogP contribution is 2.29. The number of fused-ring (bicyclic) bond motifs is 1. The van der Waals surface area contributed by atoms with Gasteiger partial charge in [0.05, 0.1) is 0 Å². The molecule has 0 bridgehead atoms. The molecular weight excluding hydrogens is 218 g/mol. The molecule has 94 valence electrons. The topological polar surface area (TPSA) is 26.0 Å². The first-order chi connectivity index (χ1) is 8.83. The monoisotopic (exact) mass is 239 g/mol. The van der Waals surface area contributed by atoms with Gasteiger partial charge in [0.25, 0.3) is 0 Å². The van der Waals surface area contributed by atoms with E-state index in [0.717, 1.165) is 5.92 Å². The van der Waals surface area contributed by atoms with Crippen molar-refractivity contribution in [1.82, 2.24) is 0 Å². The second kappa shape index (κ2) is 5.11. The van der Waals surface area contributed by atoms with E-state index < -0.39 is 0 Å². The average Bonchev–Trinajstić information content (AvgIpc) is 2.39. The van der Waals surface area contributed by atoms with Crippen molar-refractivity contribution in [3.8, 4) is 0 Å². The first-order valence-corrected chi connectivity index (χ1v) is 7.05. The van der Waals surface area contributed by atoms with E-state index in [9.17, 15) is 0 Å². The quantitative estimate of drug-likeness (QED) is 0.845. The number of benzene rings is 2. The SMILES string of the molecule is NC1CCCC(Cc2cccc3ccccc23)C1. The maximum absolute atomic E-state index is 6.09. The molecule has 1 nitrogen and oxygen atoms in total. The summed E-state index contributed by atoms with van der Waals surface area (Å²) in [5, 5.41) is 2.77. The lowest BCUT2D eigenvalue weighted by Gasteiger charge is -2.27. The van der Waals surface area contributed by atoms with Crippen LogP contribution in [0.5, 0.6) is 0 Å². The lowest BCUT2D eigenvalue weighted by atomic mass is 9.81. The molecule has 0 radical (unpaired) electrons. The van der Waals surface area contributed by atoms with Crippen LogP contribution in [0.15, 0.2) is 42.5 Å². The summed E-state index contributed by atoms with van der Waals surface area (Å²) in [6, 6.07) is 15.8. The van der Waals surface area contributed by atoms with Crippen molar-refractivity contribution in [2.75, 3.05) is 0 Å². The molecule has 2 N–H and O–H groups in total. The highest BCUT2D eigenvalue weighted by Gasteiger charge is 2.19. The van der Waals surface area contributed by atoms with Crippen molar-refractivity contribution in [1.29, 1.82) is 0 Å². The Balaban J connectivity index is 1.86. The van der Waals surface area contributed by atoms with E-state index in [4.69, 9.17) is 5.73 Å². The largest absolute Gasteiger partial charge is 0.328 e. The molecule has 0 amide bonds. The van der Waals surface area contributed by atoms with Crippen LogP contribution in [0.1, 0.15) is 31.2 Å². The van der Waals surface area contributed by atoms with Crippen LogP contribution >= 0.6 is 0 Å². The minimum Gasteiger partial charge on any atom is -0.328 e. The molecular formula is C17H21N. The molecule has 0 spiro atoms. The Kier molecular flexibility index (Phi) is 3.33. The van der Waals surface area contributed by atoms with Crippen LogP contribution in [0.2, 0.25) is 0 Å². The molecule has 1 aliphatic carbocycles. The highest BCUT2D eigenvalue weighted by atomic mass is 14.6. The van der Waals surface area contributed by atoms with Gasteiger partial charge < -0.3 is 5.73 Å². The summed E-state index contributed by atoms with van der Waals surface area (Å²) in [4.78, 5) is 0. The van der Waals surface area contributed by atoms with Gasteiger partial charge in [-0.15, -0.1) is 0 Å². The third-order valence-corrected chi connectivity index (χ3v) is 4.21. The number of rotatable bonds is 2. The van der Waals surface area contributed by atoms with E-state index >= 15 is 0 Å². The van der Waals surface area contributed by atoms with Crippen LogP contribution in [0.3, 0.4) is 0 Å². The Morgan fingerprint density at radius 2 is 1.83 bits per heavy atom. The van der Waals surface area contributed by atoms with Gasteiger partial charge in [-0.25, -0.2) is 0 Å². The molecule has 0 aromatic heterocycles. The van der Waals surface area contributed by atoms with Crippen LogP contribution in [0.4, 0.5) is 0 Å². The minimum atomic E-state index is 0.429. The molecule has 3 rings (SSSR count). The standard InChI is InChI=1S/C17H21N/c18-16-9-3-5-13(12-16)11-15-8-4-7-14-6-1-2-10-17(14)15/h1-2,4,6-8,10,13,16H,3,5,9,11-12,18H2. The van der Waals surface area contributed by atoms with Crippen LogP contribution in [0, 0.1) is 5.92 Å². The van der Waals surface area contributed by atoms with Crippen molar-refractivity contribution in [2.24, 2.45) is 11.7 Å². The summed E-state index contributed by atoms with van der Waals surface area (Å²) in [5.74, 6) is 0.777. The Morgan fingerprint density at radius 3 is 2.72 bits per heavy atom. The molecule has 1 aliphatic rings. The van der Waals surface area contributed by atoms with Gasteiger partial charge in [0.2, 0.25) is 0 Å². The van der Waals surface area contributed by atoms with E-state index in [1.807, 2.05) is 0 Å². The fourth-order valence-corrected chi connectivity index (χ4v) is 3.30. The average molecular weight is 239 g/mol. The maximum atomic E-state index is 6.09. The lowest BCUT2D eigenvalue weighted by molar-refractivity contribution is 0.321. The van der Waals surface area contributed by atoms with Gasteiger partial charge in [-0.05, 0) is 41.5 Å². The second-order valence-electron chi connectivity index (χ2n) is 5.64. The van der Waals surface area contributed by atoms with Crippen LogP contribution in [-0.2, 0) is 6.42 Å².